The zero-order chi connectivity index (χ0) is 8.97. The van der Waals surface area contributed by atoms with Crippen molar-refractivity contribution in [2.75, 3.05) is 26.2 Å². The van der Waals surface area contributed by atoms with Crippen LogP contribution in [0.2, 0.25) is 0 Å². The SMILES string of the molecule is CC1CN(CCCO)CCC1O. The molecule has 1 rings (SSSR count). The van der Waals surface area contributed by atoms with Crippen molar-refractivity contribution in [1.82, 2.24) is 4.90 Å². The molecule has 0 saturated carbocycles. The number of aliphatic hydroxyl groups excluding tert-OH is 2. The van der Waals surface area contributed by atoms with Gasteiger partial charge in [0.15, 0.2) is 0 Å². The molecule has 0 radical (unpaired) electrons. The molecule has 0 aromatic carbocycles. The van der Waals surface area contributed by atoms with Crippen LogP contribution in [-0.4, -0.2) is 47.5 Å². The second kappa shape index (κ2) is 4.80. The molecule has 1 fully saturated rings. The second-order valence-corrected chi connectivity index (χ2v) is 3.71. The van der Waals surface area contributed by atoms with Crippen LogP contribution in [0.1, 0.15) is 19.8 Å². The molecule has 72 valence electrons. The van der Waals surface area contributed by atoms with Gasteiger partial charge in [0.2, 0.25) is 0 Å². The van der Waals surface area contributed by atoms with Gasteiger partial charge in [-0.15, -0.1) is 0 Å². The quantitative estimate of drug-likeness (QED) is 0.635. The van der Waals surface area contributed by atoms with Crippen molar-refractivity contribution < 1.29 is 10.2 Å². The van der Waals surface area contributed by atoms with Crippen LogP contribution in [0.4, 0.5) is 0 Å². The molecule has 3 heteroatoms. The molecule has 2 N–H and O–H groups in total. The highest BCUT2D eigenvalue weighted by atomic mass is 16.3. The lowest BCUT2D eigenvalue weighted by Crippen LogP contribution is -2.42. The van der Waals surface area contributed by atoms with E-state index in [1.807, 2.05) is 0 Å². The average molecular weight is 173 g/mol. The largest absolute Gasteiger partial charge is 0.396 e. The Morgan fingerprint density at radius 1 is 1.50 bits per heavy atom. The highest BCUT2D eigenvalue weighted by Gasteiger charge is 2.23. The molecule has 0 bridgehead atoms. The first-order valence-electron chi connectivity index (χ1n) is 4.75. The third-order valence-corrected chi connectivity index (χ3v) is 2.58. The Labute approximate surface area is 74.0 Å². The first-order valence-corrected chi connectivity index (χ1v) is 4.75. The van der Waals surface area contributed by atoms with Gasteiger partial charge in [-0.05, 0) is 18.8 Å². The monoisotopic (exact) mass is 173 g/mol. The first-order chi connectivity index (χ1) is 5.74. The van der Waals surface area contributed by atoms with E-state index >= 15 is 0 Å². The average Bonchev–Trinajstić information content (AvgIpc) is 2.07. The predicted molar refractivity (Wildman–Crippen MR) is 47.9 cm³/mol. The smallest absolute Gasteiger partial charge is 0.0590 e. The van der Waals surface area contributed by atoms with Crippen molar-refractivity contribution in [3.63, 3.8) is 0 Å². The summed E-state index contributed by atoms with van der Waals surface area (Å²) in [7, 11) is 0. The van der Waals surface area contributed by atoms with E-state index in [0.717, 1.165) is 32.5 Å². The topological polar surface area (TPSA) is 43.7 Å². The van der Waals surface area contributed by atoms with Gasteiger partial charge in [-0.3, -0.25) is 0 Å². The fourth-order valence-corrected chi connectivity index (χ4v) is 1.72. The molecule has 12 heavy (non-hydrogen) atoms. The minimum Gasteiger partial charge on any atom is -0.396 e. The minimum atomic E-state index is -0.115. The molecular formula is C9H19NO2. The molecule has 3 nitrogen and oxygen atoms in total. The van der Waals surface area contributed by atoms with E-state index in [0.29, 0.717) is 5.92 Å². The lowest BCUT2D eigenvalue weighted by atomic mass is 9.97. The third-order valence-electron chi connectivity index (χ3n) is 2.58. The molecule has 1 heterocycles. The van der Waals surface area contributed by atoms with Gasteiger partial charge in [0.25, 0.3) is 0 Å². The molecule has 1 aliphatic rings. The molecule has 2 unspecified atom stereocenters. The summed E-state index contributed by atoms with van der Waals surface area (Å²) in [5.41, 5.74) is 0. The summed E-state index contributed by atoms with van der Waals surface area (Å²) in [6, 6.07) is 0. The van der Waals surface area contributed by atoms with Crippen molar-refractivity contribution in [3.05, 3.63) is 0 Å². The molecule has 1 aliphatic heterocycles. The molecule has 0 amide bonds. The van der Waals surface area contributed by atoms with E-state index in [9.17, 15) is 5.11 Å². The summed E-state index contributed by atoms with van der Waals surface area (Å²) < 4.78 is 0. The predicted octanol–water partition coefficient (Wildman–Crippen LogP) is 0.0715. The van der Waals surface area contributed by atoms with Crippen molar-refractivity contribution in [2.45, 2.75) is 25.9 Å². The fourth-order valence-electron chi connectivity index (χ4n) is 1.72. The summed E-state index contributed by atoms with van der Waals surface area (Å²) in [6.07, 6.45) is 1.62. The number of hydrogen-bond donors (Lipinski definition) is 2. The van der Waals surface area contributed by atoms with Gasteiger partial charge < -0.3 is 15.1 Å². The summed E-state index contributed by atoms with van der Waals surface area (Å²) in [5.74, 6) is 0.387. The van der Waals surface area contributed by atoms with Crippen LogP contribution in [0.5, 0.6) is 0 Å². The number of likely N-dealkylation sites (tertiary alicyclic amines) is 1. The Kier molecular flexibility index (Phi) is 3.98. The number of nitrogens with zero attached hydrogens (tertiary/aromatic N) is 1. The zero-order valence-corrected chi connectivity index (χ0v) is 7.74. The van der Waals surface area contributed by atoms with Crippen LogP contribution < -0.4 is 0 Å². The first kappa shape index (κ1) is 9.96. The number of rotatable bonds is 3. The molecule has 0 aromatic heterocycles. The van der Waals surface area contributed by atoms with Gasteiger partial charge in [-0.1, -0.05) is 6.92 Å². The fraction of sp³-hybridized carbons (Fsp3) is 1.00. The molecule has 0 aliphatic carbocycles. The molecule has 1 saturated heterocycles. The maximum absolute atomic E-state index is 9.44. The van der Waals surface area contributed by atoms with E-state index in [1.165, 1.54) is 0 Å². The van der Waals surface area contributed by atoms with E-state index in [-0.39, 0.29) is 12.7 Å². The van der Waals surface area contributed by atoms with Gasteiger partial charge in [-0.2, -0.15) is 0 Å². The molecular weight excluding hydrogens is 154 g/mol. The van der Waals surface area contributed by atoms with Crippen LogP contribution in [0.15, 0.2) is 0 Å². The maximum atomic E-state index is 9.44. The lowest BCUT2D eigenvalue weighted by molar-refractivity contribution is 0.0331. The molecule has 0 spiro atoms. The molecule has 0 aromatic rings. The van der Waals surface area contributed by atoms with E-state index in [1.54, 1.807) is 0 Å². The van der Waals surface area contributed by atoms with Crippen LogP contribution in [-0.2, 0) is 0 Å². The summed E-state index contributed by atoms with van der Waals surface area (Å²) in [6.45, 7) is 5.27. The summed E-state index contributed by atoms with van der Waals surface area (Å²) in [5, 5.41) is 18.1. The third kappa shape index (κ3) is 2.73. The number of aliphatic hydroxyl groups is 2. The Bertz CT molecular complexity index is 128. The Morgan fingerprint density at radius 2 is 2.25 bits per heavy atom. The van der Waals surface area contributed by atoms with Gasteiger partial charge >= 0.3 is 0 Å². The van der Waals surface area contributed by atoms with Gasteiger partial charge in [0.05, 0.1) is 6.10 Å². The van der Waals surface area contributed by atoms with Crippen molar-refractivity contribution >= 4 is 0 Å². The van der Waals surface area contributed by atoms with Crippen molar-refractivity contribution in [2.24, 2.45) is 5.92 Å². The Balaban J connectivity index is 2.21. The number of piperidine rings is 1. The lowest BCUT2D eigenvalue weighted by Gasteiger charge is -2.34. The maximum Gasteiger partial charge on any atom is 0.0590 e. The van der Waals surface area contributed by atoms with Gasteiger partial charge in [0.1, 0.15) is 0 Å². The summed E-state index contributed by atoms with van der Waals surface area (Å²) in [4.78, 5) is 2.31. The van der Waals surface area contributed by atoms with Crippen molar-refractivity contribution in [1.29, 1.82) is 0 Å². The van der Waals surface area contributed by atoms with Crippen LogP contribution in [0.25, 0.3) is 0 Å². The van der Waals surface area contributed by atoms with Crippen LogP contribution in [0.3, 0.4) is 0 Å². The standard InChI is InChI=1S/C9H19NO2/c1-8-7-10(4-2-6-11)5-3-9(8)12/h8-9,11-12H,2-7H2,1H3. The second-order valence-electron chi connectivity index (χ2n) is 3.71. The van der Waals surface area contributed by atoms with Crippen molar-refractivity contribution in [3.8, 4) is 0 Å². The minimum absolute atomic E-state index is 0.115. The summed E-state index contributed by atoms with van der Waals surface area (Å²) >= 11 is 0. The van der Waals surface area contributed by atoms with Crippen LogP contribution >= 0.6 is 0 Å². The highest BCUT2D eigenvalue weighted by molar-refractivity contribution is 4.76. The highest BCUT2D eigenvalue weighted by Crippen LogP contribution is 2.16. The Hall–Kier alpha value is -0.120. The normalized spacial score (nSPS) is 32.2. The zero-order valence-electron chi connectivity index (χ0n) is 7.74. The van der Waals surface area contributed by atoms with E-state index in [2.05, 4.69) is 11.8 Å². The van der Waals surface area contributed by atoms with Crippen LogP contribution in [0, 0.1) is 5.92 Å². The molecule has 2 atom stereocenters. The van der Waals surface area contributed by atoms with E-state index in [4.69, 9.17) is 5.11 Å². The van der Waals surface area contributed by atoms with E-state index < -0.39 is 0 Å². The number of hydrogen-bond acceptors (Lipinski definition) is 3. The van der Waals surface area contributed by atoms with Gasteiger partial charge in [-0.25, -0.2) is 0 Å². The van der Waals surface area contributed by atoms with Gasteiger partial charge in [0, 0.05) is 26.2 Å². The Morgan fingerprint density at radius 3 is 2.83 bits per heavy atom.